The van der Waals surface area contributed by atoms with Crippen LogP contribution in [0.25, 0.3) is 10.7 Å². The van der Waals surface area contributed by atoms with Gasteiger partial charge < -0.3 is 4.52 Å². The molecule has 108 valence electrons. The summed E-state index contributed by atoms with van der Waals surface area (Å²) in [5.41, 5.74) is 0. The molecule has 0 N–H and O–H groups in total. The van der Waals surface area contributed by atoms with Gasteiger partial charge in [-0.25, -0.2) is 0 Å². The molecule has 21 heavy (non-hydrogen) atoms. The average Bonchev–Trinajstić information content (AvgIpc) is 3.28. The highest BCUT2D eigenvalue weighted by molar-refractivity contribution is 7.13. The Kier molecular flexibility index (Phi) is 3.58. The van der Waals surface area contributed by atoms with Crippen LogP contribution in [0.15, 0.2) is 39.5 Å². The molecule has 0 amide bonds. The fourth-order valence-corrected chi connectivity index (χ4v) is 4.36. The maximum atomic E-state index is 5.42. The third kappa shape index (κ3) is 2.66. The van der Waals surface area contributed by atoms with Gasteiger partial charge in [0, 0.05) is 10.9 Å². The van der Waals surface area contributed by atoms with Crippen molar-refractivity contribution in [1.29, 1.82) is 0 Å². The summed E-state index contributed by atoms with van der Waals surface area (Å²) in [4.78, 5) is 9.46. The molecule has 0 saturated carbocycles. The molecule has 1 saturated heterocycles. The molecular weight excluding hydrogens is 302 g/mol. The molecule has 0 bridgehead atoms. The molecule has 0 radical (unpaired) electrons. The minimum Gasteiger partial charge on any atom is -0.338 e. The molecular formula is C15H15N3OS2. The first-order valence-electron chi connectivity index (χ1n) is 7.04. The molecule has 3 aromatic rings. The van der Waals surface area contributed by atoms with E-state index in [0.717, 1.165) is 18.0 Å². The second-order valence-electron chi connectivity index (χ2n) is 5.13. The Morgan fingerprint density at radius 2 is 2.14 bits per heavy atom. The quantitative estimate of drug-likeness (QED) is 0.723. The van der Waals surface area contributed by atoms with E-state index in [1.54, 1.807) is 11.3 Å². The van der Waals surface area contributed by atoms with Gasteiger partial charge in [0.2, 0.25) is 11.7 Å². The van der Waals surface area contributed by atoms with E-state index in [1.165, 1.54) is 17.7 Å². The number of nitrogens with zero attached hydrogens (tertiary/aromatic N) is 3. The van der Waals surface area contributed by atoms with Gasteiger partial charge in [0.15, 0.2) is 0 Å². The van der Waals surface area contributed by atoms with Crippen molar-refractivity contribution in [3.63, 3.8) is 0 Å². The molecule has 4 rings (SSSR count). The predicted octanol–water partition coefficient (Wildman–Crippen LogP) is 4.20. The summed E-state index contributed by atoms with van der Waals surface area (Å²) >= 11 is 3.46. The van der Waals surface area contributed by atoms with Gasteiger partial charge in [-0.15, -0.1) is 22.7 Å². The van der Waals surface area contributed by atoms with E-state index in [9.17, 15) is 0 Å². The van der Waals surface area contributed by atoms with Gasteiger partial charge in [-0.3, -0.25) is 4.90 Å². The van der Waals surface area contributed by atoms with Gasteiger partial charge in [0.25, 0.3) is 0 Å². The van der Waals surface area contributed by atoms with Crippen LogP contribution in [0.1, 0.15) is 29.7 Å². The normalized spacial score (nSPS) is 19.3. The highest BCUT2D eigenvalue weighted by Gasteiger charge is 2.28. The molecule has 0 aliphatic carbocycles. The molecule has 1 aliphatic rings. The highest BCUT2D eigenvalue weighted by atomic mass is 32.1. The van der Waals surface area contributed by atoms with Crippen molar-refractivity contribution in [1.82, 2.24) is 15.0 Å². The first-order valence-corrected chi connectivity index (χ1v) is 8.80. The van der Waals surface area contributed by atoms with Gasteiger partial charge in [-0.1, -0.05) is 17.3 Å². The molecule has 0 aromatic carbocycles. The van der Waals surface area contributed by atoms with E-state index >= 15 is 0 Å². The fraction of sp³-hybridized carbons (Fsp3) is 0.333. The Hall–Kier alpha value is -1.50. The standard InChI is InChI=1S/C15H15N3OS2/c1-4-11(12-5-2-8-20-12)18(7-1)10-14-16-15(17-19-14)13-6-3-9-21-13/h2-3,5-6,8-9,11H,1,4,7,10H2/t11-/m1/s1. The summed E-state index contributed by atoms with van der Waals surface area (Å²) < 4.78 is 5.42. The lowest BCUT2D eigenvalue weighted by molar-refractivity contribution is 0.214. The van der Waals surface area contributed by atoms with Crippen molar-refractivity contribution in [2.75, 3.05) is 6.54 Å². The third-order valence-electron chi connectivity index (χ3n) is 3.78. The van der Waals surface area contributed by atoms with Crippen molar-refractivity contribution in [2.24, 2.45) is 0 Å². The van der Waals surface area contributed by atoms with Crippen molar-refractivity contribution >= 4 is 22.7 Å². The zero-order chi connectivity index (χ0) is 14.1. The number of aromatic nitrogens is 2. The predicted molar refractivity (Wildman–Crippen MR) is 84.3 cm³/mol. The lowest BCUT2D eigenvalue weighted by atomic mass is 10.2. The van der Waals surface area contributed by atoms with Gasteiger partial charge in [0.05, 0.1) is 11.4 Å². The van der Waals surface area contributed by atoms with Crippen LogP contribution in [0.3, 0.4) is 0 Å². The molecule has 3 aromatic heterocycles. The molecule has 1 aliphatic heterocycles. The van der Waals surface area contributed by atoms with Crippen LogP contribution in [-0.4, -0.2) is 21.6 Å². The summed E-state index contributed by atoms with van der Waals surface area (Å²) in [6.45, 7) is 1.83. The van der Waals surface area contributed by atoms with E-state index < -0.39 is 0 Å². The monoisotopic (exact) mass is 317 g/mol. The molecule has 6 heteroatoms. The summed E-state index contributed by atoms with van der Waals surface area (Å²) in [6, 6.07) is 8.87. The molecule has 1 atom stereocenters. The van der Waals surface area contributed by atoms with Crippen molar-refractivity contribution < 1.29 is 4.52 Å². The number of hydrogen-bond donors (Lipinski definition) is 0. The lowest BCUT2D eigenvalue weighted by Gasteiger charge is -2.21. The van der Waals surface area contributed by atoms with E-state index in [0.29, 0.717) is 17.8 Å². The van der Waals surface area contributed by atoms with E-state index in [2.05, 4.69) is 32.6 Å². The van der Waals surface area contributed by atoms with Gasteiger partial charge in [0.1, 0.15) is 0 Å². The minimum atomic E-state index is 0.502. The Labute approximate surface area is 131 Å². The van der Waals surface area contributed by atoms with Crippen LogP contribution >= 0.6 is 22.7 Å². The maximum Gasteiger partial charge on any atom is 0.241 e. The van der Waals surface area contributed by atoms with Crippen LogP contribution in [0.4, 0.5) is 0 Å². The highest BCUT2D eigenvalue weighted by Crippen LogP contribution is 2.35. The lowest BCUT2D eigenvalue weighted by Crippen LogP contribution is -2.22. The second-order valence-corrected chi connectivity index (χ2v) is 7.06. The molecule has 4 heterocycles. The number of thiophene rings is 2. The van der Waals surface area contributed by atoms with Crippen LogP contribution < -0.4 is 0 Å². The molecule has 0 spiro atoms. The zero-order valence-corrected chi connectivity index (χ0v) is 13.1. The average molecular weight is 317 g/mol. The summed E-state index contributed by atoms with van der Waals surface area (Å²) in [7, 11) is 0. The molecule has 1 fully saturated rings. The van der Waals surface area contributed by atoms with E-state index in [1.807, 2.05) is 28.8 Å². The van der Waals surface area contributed by atoms with Crippen molar-refractivity contribution in [3.05, 3.63) is 45.8 Å². The Bertz CT molecular complexity index is 690. The van der Waals surface area contributed by atoms with Crippen LogP contribution in [-0.2, 0) is 6.54 Å². The number of likely N-dealkylation sites (tertiary alicyclic amines) is 1. The van der Waals surface area contributed by atoms with E-state index in [4.69, 9.17) is 4.52 Å². The largest absolute Gasteiger partial charge is 0.338 e. The van der Waals surface area contributed by atoms with Crippen LogP contribution in [0, 0.1) is 0 Å². The van der Waals surface area contributed by atoms with Crippen molar-refractivity contribution in [3.8, 4) is 10.7 Å². The summed E-state index contributed by atoms with van der Waals surface area (Å²) in [6.07, 6.45) is 2.45. The molecule has 0 unspecified atom stereocenters. The first kappa shape index (κ1) is 13.2. The smallest absolute Gasteiger partial charge is 0.241 e. The molecule has 4 nitrogen and oxygen atoms in total. The Morgan fingerprint density at radius 1 is 1.24 bits per heavy atom. The Morgan fingerprint density at radius 3 is 2.95 bits per heavy atom. The summed E-state index contributed by atoms with van der Waals surface area (Å²) in [5.74, 6) is 1.41. The van der Waals surface area contributed by atoms with Gasteiger partial charge in [-0.2, -0.15) is 4.98 Å². The third-order valence-corrected chi connectivity index (χ3v) is 5.62. The van der Waals surface area contributed by atoms with E-state index in [-0.39, 0.29) is 0 Å². The second kappa shape index (κ2) is 5.71. The van der Waals surface area contributed by atoms with Crippen molar-refractivity contribution in [2.45, 2.75) is 25.4 Å². The minimum absolute atomic E-state index is 0.502. The number of rotatable bonds is 4. The maximum absolute atomic E-state index is 5.42. The fourth-order valence-electron chi connectivity index (χ4n) is 2.82. The van der Waals surface area contributed by atoms with Gasteiger partial charge >= 0.3 is 0 Å². The first-order chi connectivity index (χ1) is 10.4. The summed E-state index contributed by atoms with van der Waals surface area (Å²) in [5, 5.41) is 8.26. The topological polar surface area (TPSA) is 42.2 Å². The zero-order valence-electron chi connectivity index (χ0n) is 11.4. The SMILES string of the molecule is c1csc(-c2noc(CN3CCC[C@@H]3c3cccs3)n2)c1. The Balaban J connectivity index is 1.51. The van der Waals surface area contributed by atoms with Crippen LogP contribution in [0.5, 0.6) is 0 Å². The van der Waals surface area contributed by atoms with Gasteiger partial charge in [-0.05, 0) is 42.3 Å². The number of hydrogen-bond acceptors (Lipinski definition) is 6. The van der Waals surface area contributed by atoms with Crippen LogP contribution in [0.2, 0.25) is 0 Å².